The smallest absolute Gasteiger partial charge is 0.359 e. The summed E-state index contributed by atoms with van der Waals surface area (Å²) >= 11 is 0. The summed E-state index contributed by atoms with van der Waals surface area (Å²) in [5.74, 6) is -1.45. The van der Waals surface area contributed by atoms with Crippen molar-refractivity contribution in [2.75, 3.05) is 6.61 Å². The summed E-state index contributed by atoms with van der Waals surface area (Å²) in [5.41, 5.74) is 0.203. The summed E-state index contributed by atoms with van der Waals surface area (Å²) in [6, 6.07) is 4.68. The van der Waals surface area contributed by atoms with Gasteiger partial charge in [-0.25, -0.2) is 14.6 Å². The molecular formula is C15H18N4O4. The largest absolute Gasteiger partial charge is 0.451 e. The molecule has 0 bridgehead atoms. The number of carbonyl (C=O) groups excluding carboxylic acids is 3. The Kier molecular flexibility index (Phi) is 4.63. The molecule has 0 unspecified atom stereocenters. The van der Waals surface area contributed by atoms with E-state index in [1.807, 2.05) is 0 Å². The van der Waals surface area contributed by atoms with Crippen molar-refractivity contribution >= 4 is 23.6 Å². The molecule has 0 aliphatic carbocycles. The molecule has 2 heterocycles. The highest BCUT2D eigenvalue weighted by molar-refractivity contribution is 5.96. The van der Waals surface area contributed by atoms with Gasteiger partial charge < -0.3 is 14.5 Å². The third-order valence-corrected chi connectivity index (χ3v) is 2.65. The summed E-state index contributed by atoms with van der Waals surface area (Å²) in [6.45, 7) is 4.77. The number of imidazole rings is 1. The quantitative estimate of drug-likeness (QED) is 0.826. The molecule has 2 rings (SSSR count). The number of nitrogens with one attached hydrogen (secondary N) is 2. The summed E-state index contributed by atoms with van der Waals surface area (Å²) in [6.07, 6.45) is 3.24. The maximum absolute atomic E-state index is 11.9. The van der Waals surface area contributed by atoms with E-state index < -0.39 is 30.1 Å². The fourth-order valence-electron chi connectivity index (χ4n) is 1.77. The Morgan fingerprint density at radius 3 is 2.65 bits per heavy atom. The minimum atomic E-state index is -0.736. The maximum Gasteiger partial charge on any atom is 0.359 e. The zero-order chi connectivity index (χ0) is 17.0. The molecule has 0 saturated heterocycles. The fraction of sp³-hybridized carbons (Fsp3) is 0.333. The molecule has 0 aliphatic heterocycles. The van der Waals surface area contributed by atoms with E-state index in [4.69, 9.17) is 4.74 Å². The molecular weight excluding hydrogens is 300 g/mol. The lowest BCUT2D eigenvalue weighted by Gasteiger charge is -2.20. The molecule has 23 heavy (non-hydrogen) atoms. The van der Waals surface area contributed by atoms with Crippen molar-refractivity contribution in [1.29, 1.82) is 0 Å². The van der Waals surface area contributed by atoms with Crippen molar-refractivity contribution in [1.82, 2.24) is 20.0 Å². The standard InChI is InChI=1S/C15H18N4O4/c1-15(2,3)18-14(22)17-12(20)9-23-13(21)10-8-19-7-5-4-6-11(19)16-10/h4-8H,9H2,1-3H3,(H2,17,18,20,22). The Morgan fingerprint density at radius 2 is 2.00 bits per heavy atom. The molecule has 0 aromatic carbocycles. The minimum Gasteiger partial charge on any atom is -0.451 e. The van der Waals surface area contributed by atoms with Crippen molar-refractivity contribution in [2.24, 2.45) is 0 Å². The van der Waals surface area contributed by atoms with Crippen molar-refractivity contribution < 1.29 is 19.1 Å². The number of hydrogen-bond acceptors (Lipinski definition) is 5. The predicted molar refractivity (Wildman–Crippen MR) is 81.9 cm³/mol. The molecule has 0 atom stereocenters. The number of esters is 1. The van der Waals surface area contributed by atoms with Crippen LogP contribution < -0.4 is 10.6 Å². The molecule has 8 nitrogen and oxygen atoms in total. The van der Waals surface area contributed by atoms with Crippen LogP contribution in [0.1, 0.15) is 31.3 Å². The molecule has 0 spiro atoms. The summed E-state index contributed by atoms with van der Waals surface area (Å²) in [4.78, 5) is 39.0. The van der Waals surface area contributed by atoms with Crippen molar-refractivity contribution in [2.45, 2.75) is 26.3 Å². The Balaban J connectivity index is 1.86. The number of urea groups is 1. The highest BCUT2D eigenvalue weighted by atomic mass is 16.5. The van der Waals surface area contributed by atoms with Gasteiger partial charge in [-0.15, -0.1) is 0 Å². The van der Waals surface area contributed by atoms with Gasteiger partial charge in [0.05, 0.1) is 0 Å². The SMILES string of the molecule is CC(C)(C)NC(=O)NC(=O)COC(=O)c1cn2ccccc2n1. The summed E-state index contributed by atoms with van der Waals surface area (Å²) in [5, 5.41) is 4.64. The van der Waals surface area contributed by atoms with Gasteiger partial charge in [-0.3, -0.25) is 10.1 Å². The van der Waals surface area contributed by atoms with E-state index in [0.29, 0.717) is 5.65 Å². The van der Waals surface area contributed by atoms with E-state index >= 15 is 0 Å². The molecule has 0 saturated carbocycles. The number of aromatic nitrogens is 2. The van der Waals surface area contributed by atoms with E-state index in [1.54, 1.807) is 49.6 Å². The second-order valence-corrected chi connectivity index (χ2v) is 5.92. The first-order valence-corrected chi connectivity index (χ1v) is 6.97. The number of carbonyl (C=O) groups is 3. The van der Waals surface area contributed by atoms with Gasteiger partial charge in [0, 0.05) is 17.9 Å². The van der Waals surface area contributed by atoms with Gasteiger partial charge >= 0.3 is 12.0 Å². The first kappa shape index (κ1) is 16.5. The second kappa shape index (κ2) is 6.47. The van der Waals surface area contributed by atoms with Gasteiger partial charge in [0.2, 0.25) is 0 Å². The van der Waals surface area contributed by atoms with Gasteiger partial charge in [-0.05, 0) is 32.9 Å². The molecule has 2 aromatic rings. The van der Waals surface area contributed by atoms with Crippen LogP contribution in [-0.4, -0.2) is 39.4 Å². The number of amides is 3. The lowest BCUT2D eigenvalue weighted by Crippen LogP contribution is -2.49. The van der Waals surface area contributed by atoms with Crippen molar-refractivity contribution in [3.63, 3.8) is 0 Å². The van der Waals surface area contributed by atoms with Crippen LogP contribution in [0.2, 0.25) is 0 Å². The summed E-state index contributed by atoms with van der Waals surface area (Å²) < 4.78 is 6.50. The van der Waals surface area contributed by atoms with Crippen LogP contribution in [-0.2, 0) is 9.53 Å². The van der Waals surface area contributed by atoms with Crippen LogP contribution >= 0.6 is 0 Å². The van der Waals surface area contributed by atoms with E-state index in [0.717, 1.165) is 0 Å². The molecule has 3 amide bonds. The molecule has 2 aromatic heterocycles. The lowest BCUT2D eigenvalue weighted by molar-refractivity contribution is -0.123. The molecule has 0 fully saturated rings. The van der Waals surface area contributed by atoms with Crippen LogP contribution in [0.15, 0.2) is 30.6 Å². The van der Waals surface area contributed by atoms with Crippen molar-refractivity contribution in [3.05, 3.63) is 36.3 Å². The van der Waals surface area contributed by atoms with E-state index in [9.17, 15) is 14.4 Å². The van der Waals surface area contributed by atoms with Gasteiger partial charge in [0.25, 0.3) is 5.91 Å². The molecule has 0 radical (unpaired) electrons. The Morgan fingerprint density at radius 1 is 1.26 bits per heavy atom. The number of fused-ring (bicyclic) bond motifs is 1. The number of nitrogens with zero attached hydrogens (tertiary/aromatic N) is 2. The Labute approximate surface area is 132 Å². The first-order chi connectivity index (χ1) is 10.7. The molecule has 8 heteroatoms. The minimum absolute atomic E-state index is 0.0862. The van der Waals surface area contributed by atoms with Crippen molar-refractivity contribution in [3.8, 4) is 0 Å². The van der Waals surface area contributed by atoms with E-state index in [2.05, 4.69) is 15.6 Å². The lowest BCUT2D eigenvalue weighted by atomic mass is 10.1. The number of ether oxygens (including phenoxy) is 1. The first-order valence-electron chi connectivity index (χ1n) is 6.97. The maximum atomic E-state index is 11.9. The predicted octanol–water partition coefficient (Wildman–Crippen LogP) is 1.12. The zero-order valence-electron chi connectivity index (χ0n) is 13.1. The van der Waals surface area contributed by atoms with Crippen LogP contribution in [0.3, 0.4) is 0 Å². The van der Waals surface area contributed by atoms with Gasteiger partial charge in [-0.2, -0.15) is 0 Å². The normalized spacial score (nSPS) is 11.1. The average molecular weight is 318 g/mol. The molecule has 2 N–H and O–H groups in total. The third kappa shape index (κ3) is 4.80. The topological polar surface area (TPSA) is 102 Å². The Hall–Kier alpha value is -2.90. The zero-order valence-corrected chi connectivity index (χ0v) is 13.1. The van der Waals surface area contributed by atoms with E-state index in [-0.39, 0.29) is 5.69 Å². The number of imide groups is 1. The van der Waals surface area contributed by atoms with Crippen LogP contribution in [0, 0.1) is 0 Å². The van der Waals surface area contributed by atoms with Crippen LogP contribution in [0.25, 0.3) is 5.65 Å². The van der Waals surface area contributed by atoms with Crippen LogP contribution in [0.4, 0.5) is 4.79 Å². The highest BCUT2D eigenvalue weighted by Gasteiger charge is 2.18. The highest BCUT2D eigenvalue weighted by Crippen LogP contribution is 2.05. The monoisotopic (exact) mass is 318 g/mol. The van der Waals surface area contributed by atoms with E-state index in [1.165, 1.54) is 6.20 Å². The average Bonchev–Trinajstić information content (AvgIpc) is 2.86. The fourth-order valence-corrected chi connectivity index (χ4v) is 1.77. The molecule has 122 valence electrons. The third-order valence-electron chi connectivity index (χ3n) is 2.65. The van der Waals surface area contributed by atoms with Gasteiger partial charge in [-0.1, -0.05) is 6.07 Å². The number of rotatable bonds is 3. The molecule has 0 aliphatic rings. The van der Waals surface area contributed by atoms with Crippen LogP contribution in [0.5, 0.6) is 0 Å². The number of pyridine rings is 1. The Bertz CT molecular complexity index is 712. The van der Waals surface area contributed by atoms with Gasteiger partial charge in [0.1, 0.15) is 5.65 Å². The summed E-state index contributed by atoms with van der Waals surface area (Å²) in [7, 11) is 0. The second-order valence-electron chi connectivity index (χ2n) is 5.92. The van der Waals surface area contributed by atoms with Gasteiger partial charge in [0.15, 0.2) is 12.3 Å². The number of hydrogen-bond donors (Lipinski definition) is 2.